The predicted molar refractivity (Wildman–Crippen MR) is 119 cm³/mol. The van der Waals surface area contributed by atoms with Crippen molar-refractivity contribution in [2.75, 3.05) is 20.7 Å². The van der Waals surface area contributed by atoms with Crippen LogP contribution in [-0.2, 0) is 13.5 Å². The van der Waals surface area contributed by atoms with Crippen LogP contribution in [0.5, 0.6) is 5.75 Å². The number of methoxy groups -OCH3 is 1. The first kappa shape index (κ1) is 22.1. The summed E-state index contributed by atoms with van der Waals surface area (Å²) in [6, 6.07) is 15.2. The second-order valence-electron chi connectivity index (χ2n) is 7.38. The Hall–Kier alpha value is -3.61. The van der Waals surface area contributed by atoms with Crippen molar-refractivity contribution >= 4 is 11.8 Å². The van der Waals surface area contributed by atoms with Gasteiger partial charge in [0.25, 0.3) is 11.8 Å². The Morgan fingerprint density at radius 1 is 1.16 bits per heavy atom. The molecule has 0 aliphatic heterocycles. The van der Waals surface area contributed by atoms with E-state index in [4.69, 9.17) is 4.74 Å². The van der Waals surface area contributed by atoms with Gasteiger partial charge in [-0.2, -0.15) is 0 Å². The lowest BCUT2D eigenvalue weighted by atomic mass is 10.0. The number of benzene rings is 1. The molecule has 0 saturated heterocycles. The highest BCUT2D eigenvalue weighted by atomic mass is 16.5. The molecule has 3 rings (SSSR count). The molecule has 2 amide bonds. The van der Waals surface area contributed by atoms with Crippen LogP contribution in [0.25, 0.3) is 0 Å². The zero-order chi connectivity index (χ0) is 22.2. The van der Waals surface area contributed by atoms with E-state index in [-0.39, 0.29) is 17.9 Å². The van der Waals surface area contributed by atoms with Crippen molar-refractivity contribution < 1.29 is 14.3 Å². The molecule has 7 nitrogen and oxygen atoms in total. The maximum atomic E-state index is 13.2. The fraction of sp³-hybridized carbons (Fsp3) is 0.292. The van der Waals surface area contributed by atoms with E-state index in [1.54, 1.807) is 34.8 Å². The summed E-state index contributed by atoms with van der Waals surface area (Å²) in [4.78, 5) is 31.4. The summed E-state index contributed by atoms with van der Waals surface area (Å²) in [5, 5.41) is 2.96. The van der Waals surface area contributed by atoms with Gasteiger partial charge in [0.1, 0.15) is 11.4 Å². The quantitative estimate of drug-likeness (QED) is 0.578. The van der Waals surface area contributed by atoms with Crippen molar-refractivity contribution in [3.63, 3.8) is 0 Å². The number of amides is 2. The molecular formula is C24H28N4O3. The molecular weight excluding hydrogens is 392 g/mol. The summed E-state index contributed by atoms with van der Waals surface area (Å²) in [5.41, 5.74) is 2.14. The Morgan fingerprint density at radius 2 is 1.94 bits per heavy atom. The molecule has 0 aliphatic rings. The van der Waals surface area contributed by atoms with Crippen molar-refractivity contribution in [1.82, 2.24) is 19.8 Å². The smallest absolute Gasteiger partial charge is 0.267 e. The lowest BCUT2D eigenvalue weighted by Crippen LogP contribution is -2.41. The summed E-state index contributed by atoms with van der Waals surface area (Å²) in [7, 11) is 5.15. The molecule has 0 aliphatic carbocycles. The minimum absolute atomic E-state index is 0.117. The molecule has 0 radical (unpaired) electrons. The highest BCUT2D eigenvalue weighted by Crippen LogP contribution is 2.20. The van der Waals surface area contributed by atoms with Gasteiger partial charge in [0.15, 0.2) is 0 Å². The van der Waals surface area contributed by atoms with Gasteiger partial charge >= 0.3 is 0 Å². The van der Waals surface area contributed by atoms with Gasteiger partial charge in [0, 0.05) is 45.3 Å². The van der Waals surface area contributed by atoms with Crippen molar-refractivity contribution in [3.05, 3.63) is 83.9 Å². The lowest BCUT2D eigenvalue weighted by molar-refractivity contribution is 0.0719. The second-order valence-corrected chi connectivity index (χ2v) is 7.38. The zero-order valence-corrected chi connectivity index (χ0v) is 18.1. The van der Waals surface area contributed by atoms with Crippen molar-refractivity contribution in [3.8, 4) is 5.75 Å². The number of rotatable bonds is 9. The third-order valence-corrected chi connectivity index (χ3v) is 5.35. The fourth-order valence-corrected chi connectivity index (χ4v) is 3.53. The molecule has 0 spiro atoms. The number of carbonyl (C=O) groups is 2. The highest BCUT2D eigenvalue weighted by molar-refractivity contribution is 5.96. The molecule has 31 heavy (non-hydrogen) atoms. The van der Waals surface area contributed by atoms with Gasteiger partial charge in [-0.05, 0) is 36.6 Å². The van der Waals surface area contributed by atoms with Crippen LogP contribution < -0.4 is 10.1 Å². The van der Waals surface area contributed by atoms with E-state index in [0.29, 0.717) is 36.4 Å². The monoisotopic (exact) mass is 420 g/mol. The van der Waals surface area contributed by atoms with Gasteiger partial charge in [-0.1, -0.05) is 30.3 Å². The van der Waals surface area contributed by atoms with Gasteiger partial charge in [0.2, 0.25) is 0 Å². The summed E-state index contributed by atoms with van der Waals surface area (Å²) in [6.45, 7) is 0.448. The molecule has 0 saturated carbocycles. The van der Waals surface area contributed by atoms with E-state index >= 15 is 0 Å². The van der Waals surface area contributed by atoms with Crippen LogP contribution in [0.15, 0.2) is 67.1 Å². The summed E-state index contributed by atoms with van der Waals surface area (Å²) in [6.07, 6.45) is 6.23. The molecule has 1 N–H and O–H groups in total. The van der Waals surface area contributed by atoms with Crippen LogP contribution in [-0.4, -0.2) is 53.0 Å². The largest absolute Gasteiger partial charge is 0.496 e. The Balaban J connectivity index is 1.73. The van der Waals surface area contributed by atoms with Crippen molar-refractivity contribution in [2.24, 2.45) is 7.05 Å². The van der Waals surface area contributed by atoms with E-state index in [0.717, 1.165) is 5.56 Å². The maximum absolute atomic E-state index is 13.2. The number of nitrogens with zero attached hydrogens (tertiary/aromatic N) is 3. The highest BCUT2D eigenvalue weighted by Gasteiger charge is 2.24. The average molecular weight is 421 g/mol. The standard InChI is InChI=1S/C24H28N4O3/c1-27-15-7-10-21(27)23(29)26-14-11-19(16-18-8-5-4-6-9-18)28(2)24(30)20-17-25-13-12-22(20)31-3/h4-10,12-13,15,17,19H,11,14,16H2,1-3H3,(H,26,29). The minimum Gasteiger partial charge on any atom is -0.496 e. The van der Waals surface area contributed by atoms with Gasteiger partial charge in [-0.3, -0.25) is 14.6 Å². The van der Waals surface area contributed by atoms with Crippen molar-refractivity contribution in [2.45, 2.75) is 18.9 Å². The third-order valence-electron chi connectivity index (χ3n) is 5.35. The molecule has 3 aromatic rings. The Labute approximate surface area is 182 Å². The number of pyridine rings is 1. The summed E-state index contributed by atoms with van der Waals surface area (Å²) in [5.74, 6) is 0.191. The number of aryl methyl sites for hydroxylation is 1. The summed E-state index contributed by atoms with van der Waals surface area (Å²) < 4.78 is 7.11. The topological polar surface area (TPSA) is 76.5 Å². The predicted octanol–water partition coefficient (Wildman–Crippen LogP) is 2.93. The van der Waals surface area contributed by atoms with Crippen LogP contribution >= 0.6 is 0 Å². The molecule has 2 heterocycles. The molecule has 1 aromatic carbocycles. The summed E-state index contributed by atoms with van der Waals surface area (Å²) >= 11 is 0. The van der Waals surface area contributed by atoms with Crippen LogP contribution in [0.3, 0.4) is 0 Å². The zero-order valence-electron chi connectivity index (χ0n) is 18.1. The molecule has 1 atom stereocenters. The SMILES string of the molecule is COc1ccncc1C(=O)N(C)C(CCNC(=O)c1cccn1C)Cc1ccccc1. The van der Waals surface area contributed by atoms with E-state index in [9.17, 15) is 9.59 Å². The number of hydrogen-bond acceptors (Lipinski definition) is 4. The van der Waals surface area contributed by atoms with E-state index in [1.807, 2.05) is 49.6 Å². The first-order valence-electron chi connectivity index (χ1n) is 10.2. The minimum atomic E-state index is -0.167. The van der Waals surface area contributed by atoms with E-state index in [2.05, 4.69) is 10.3 Å². The first-order chi connectivity index (χ1) is 15.0. The molecule has 2 aromatic heterocycles. The maximum Gasteiger partial charge on any atom is 0.267 e. The van der Waals surface area contributed by atoms with Gasteiger partial charge < -0.3 is 19.5 Å². The number of aromatic nitrogens is 2. The van der Waals surface area contributed by atoms with Crippen LogP contribution in [0.4, 0.5) is 0 Å². The number of carbonyl (C=O) groups excluding carboxylic acids is 2. The second kappa shape index (κ2) is 10.4. The average Bonchev–Trinajstić information content (AvgIpc) is 3.24. The van der Waals surface area contributed by atoms with Crippen molar-refractivity contribution in [1.29, 1.82) is 0 Å². The molecule has 7 heteroatoms. The van der Waals surface area contributed by atoms with E-state index in [1.165, 1.54) is 13.3 Å². The number of likely N-dealkylation sites (N-methyl/N-ethyl adjacent to an activating group) is 1. The third kappa shape index (κ3) is 5.51. The molecule has 0 fully saturated rings. The number of nitrogens with one attached hydrogen (secondary N) is 1. The lowest BCUT2D eigenvalue weighted by Gasteiger charge is -2.29. The van der Waals surface area contributed by atoms with Crippen LogP contribution in [0.2, 0.25) is 0 Å². The van der Waals surface area contributed by atoms with E-state index < -0.39 is 0 Å². The molecule has 1 unspecified atom stereocenters. The number of ether oxygens (including phenoxy) is 1. The van der Waals surface area contributed by atoms with Crippen LogP contribution in [0, 0.1) is 0 Å². The number of hydrogen-bond donors (Lipinski definition) is 1. The van der Waals surface area contributed by atoms with Crippen LogP contribution in [0.1, 0.15) is 32.8 Å². The Kier molecular flexibility index (Phi) is 7.43. The first-order valence-corrected chi connectivity index (χ1v) is 10.2. The van der Waals surface area contributed by atoms with Gasteiger partial charge in [-0.15, -0.1) is 0 Å². The van der Waals surface area contributed by atoms with Gasteiger partial charge in [-0.25, -0.2) is 0 Å². The Bertz CT molecular complexity index is 1020. The normalized spacial score (nSPS) is 11.6. The molecule has 162 valence electrons. The molecule has 0 bridgehead atoms. The van der Waals surface area contributed by atoms with Gasteiger partial charge in [0.05, 0.1) is 12.7 Å². The Morgan fingerprint density at radius 3 is 2.61 bits per heavy atom. The fourth-order valence-electron chi connectivity index (χ4n) is 3.53.